The van der Waals surface area contributed by atoms with Crippen LogP contribution in [0.3, 0.4) is 0 Å². The van der Waals surface area contributed by atoms with Gasteiger partial charge in [0, 0.05) is 49.5 Å². The lowest BCUT2D eigenvalue weighted by atomic mass is 9.90. The predicted octanol–water partition coefficient (Wildman–Crippen LogP) is 3.87. The molecule has 2 aliphatic rings. The maximum atomic E-state index is 13.2. The molecule has 1 fully saturated rings. The summed E-state index contributed by atoms with van der Waals surface area (Å²) >= 11 is 0. The standard InChI is InChI=1S/C23H21F5N6O2/c1-13-11-32(18-4-6-29-17-10-14(36-22(24)25)2-3-16(17)18)7-5-15(13)20(35)33-8-9-34-19(12-33)30-31-21(34)23(26,27)28/h2-4,6,10,15,22H,1,5,7-9,11-12H2/t15-/m0/s1. The number of carbonyl (C=O) groups excluding carboxylic acids is 1. The van der Waals surface area contributed by atoms with Gasteiger partial charge in [0.25, 0.3) is 0 Å². The normalized spacial score (nSPS) is 18.6. The maximum Gasteiger partial charge on any atom is 0.451 e. The molecule has 3 aromatic rings. The molecule has 0 unspecified atom stereocenters. The zero-order valence-corrected chi connectivity index (χ0v) is 18.9. The van der Waals surface area contributed by atoms with Gasteiger partial charge in [0.15, 0.2) is 5.82 Å². The van der Waals surface area contributed by atoms with Crippen molar-refractivity contribution >= 4 is 22.5 Å². The molecule has 13 heteroatoms. The number of hydrogen-bond acceptors (Lipinski definition) is 6. The lowest BCUT2D eigenvalue weighted by Gasteiger charge is -2.38. The van der Waals surface area contributed by atoms with Crippen LogP contribution in [0.5, 0.6) is 5.75 Å². The monoisotopic (exact) mass is 508 g/mol. The minimum Gasteiger partial charge on any atom is -0.435 e. The number of benzene rings is 1. The Kier molecular flexibility index (Phi) is 6.00. The molecule has 2 aliphatic heterocycles. The van der Waals surface area contributed by atoms with Gasteiger partial charge < -0.3 is 19.1 Å². The van der Waals surface area contributed by atoms with Gasteiger partial charge in [-0.1, -0.05) is 6.58 Å². The van der Waals surface area contributed by atoms with Crippen molar-refractivity contribution in [1.82, 2.24) is 24.6 Å². The number of amides is 1. The number of hydrogen-bond donors (Lipinski definition) is 0. The summed E-state index contributed by atoms with van der Waals surface area (Å²) < 4.78 is 69.8. The van der Waals surface area contributed by atoms with Gasteiger partial charge in [-0.3, -0.25) is 9.78 Å². The fraction of sp³-hybridized carbons (Fsp3) is 0.391. The van der Waals surface area contributed by atoms with E-state index in [4.69, 9.17) is 0 Å². The summed E-state index contributed by atoms with van der Waals surface area (Å²) in [5, 5.41) is 7.63. The first-order valence-electron chi connectivity index (χ1n) is 11.2. The summed E-state index contributed by atoms with van der Waals surface area (Å²) in [7, 11) is 0. The number of piperidine rings is 1. The Morgan fingerprint density at radius 1 is 1.11 bits per heavy atom. The van der Waals surface area contributed by atoms with Crippen LogP contribution in [0.4, 0.5) is 27.6 Å². The zero-order chi connectivity index (χ0) is 25.6. The Balaban J connectivity index is 1.28. The molecule has 8 nitrogen and oxygen atoms in total. The zero-order valence-electron chi connectivity index (χ0n) is 18.9. The van der Waals surface area contributed by atoms with Crippen molar-refractivity contribution in [1.29, 1.82) is 0 Å². The van der Waals surface area contributed by atoms with E-state index in [1.807, 2.05) is 4.90 Å². The SMILES string of the molecule is C=C1CN(c2ccnc3cc(OC(F)F)ccc23)CC[C@@H]1C(=O)N1CCn2c(nnc2C(F)(F)F)C1. The van der Waals surface area contributed by atoms with E-state index < -0.39 is 24.5 Å². The smallest absolute Gasteiger partial charge is 0.435 e. The first-order valence-corrected chi connectivity index (χ1v) is 11.2. The van der Waals surface area contributed by atoms with Gasteiger partial charge in [-0.2, -0.15) is 22.0 Å². The molecule has 4 heterocycles. The third kappa shape index (κ3) is 4.44. The third-order valence-electron chi connectivity index (χ3n) is 6.45. The van der Waals surface area contributed by atoms with E-state index >= 15 is 0 Å². The maximum absolute atomic E-state index is 13.2. The molecule has 5 rings (SSSR count). The summed E-state index contributed by atoms with van der Waals surface area (Å²) in [6.07, 6.45) is -2.57. The van der Waals surface area contributed by atoms with E-state index in [2.05, 4.69) is 26.5 Å². The average Bonchev–Trinajstić information content (AvgIpc) is 3.26. The molecule has 190 valence electrons. The molecule has 36 heavy (non-hydrogen) atoms. The second-order valence-electron chi connectivity index (χ2n) is 8.66. The molecule has 0 radical (unpaired) electrons. The first-order chi connectivity index (χ1) is 17.1. The van der Waals surface area contributed by atoms with Crippen LogP contribution in [0, 0.1) is 5.92 Å². The molecule has 1 saturated heterocycles. The summed E-state index contributed by atoms with van der Waals surface area (Å²) in [6.45, 7) is 2.11. The van der Waals surface area contributed by atoms with Gasteiger partial charge in [-0.15, -0.1) is 10.2 Å². The summed E-state index contributed by atoms with van der Waals surface area (Å²) in [5.74, 6) is -1.62. The van der Waals surface area contributed by atoms with E-state index in [0.29, 0.717) is 30.6 Å². The number of anilines is 1. The highest BCUT2D eigenvalue weighted by Crippen LogP contribution is 2.34. The van der Waals surface area contributed by atoms with E-state index in [0.717, 1.165) is 15.6 Å². The van der Waals surface area contributed by atoms with Gasteiger partial charge in [-0.25, -0.2) is 0 Å². The fourth-order valence-corrected chi connectivity index (χ4v) is 4.77. The number of nitrogens with zero attached hydrogens (tertiary/aromatic N) is 6. The van der Waals surface area contributed by atoms with Crippen molar-refractivity contribution in [3.8, 4) is 5.75 Å². The highest BCUT2D eigenvalue weighted by atomic mass is 19.4. The van der Waals surface area contributed by atoms with E-state index in [9.17, 15) is 26.7 Å². The van der Waals surface area contributed by atoms with Crippen molar-refractivity contribution in [3.63, 3.8) is 0 Å². The largest absolute Gasteiger partial charge is 0.451 e. The molecule has 2 aromatic heterocycles. The molecular weight excluding hydrogens is 487 g/mol. The van der Waals surface area contributed by atoms with E-state index in [-0.39, 0.29) is 37.1 Å². The topological polar surface area (TPSA) is 76.4 Å². The van der Waals surface area contributed by atoms with E-state index in [1.165, 1.54) is 17.0 Å². The van der Waals surface area contributed by atoms with Gasteiger partial charge in [-0.05, 0) is 30.2 Å². The summed E-state index contributed by atoms with van der Waals surface area (Å²) in [6, 6.07) is 6.36. The van der Waals surface area contributed by atoms with Crippen molar-refractivity contribution in [3.05, 3.63) is 54.3 Å². The van der Waals surface area contributed by atoms with Crippen molar-refractivity contribution in [2.75, 3.05) is 24.5 Å². The average molecular weight is 508 g/mol. The predicted molar refractivity (Wildman–Crippen MR) is 118 cm³/mol. The van der Waals surface area contributed by atoms with Crippen LogP contribution < -0.4 is 9.64 Å². The summed E-state index contributed by atoms with van der Waals surface area (Å²) in [5.41, 5.74) is 1.99. The van der Waals surface area contributed by atoms with Crippen LogP contribution in [0.1, 0.15) is 18.1 Å². The minimum atomic E-state index is -4.60. The number of ether oxygens (including phenoxy) is 1. The second-order valence-corrected chi connectivity index (χ2v) is 8.66. The number of fused-ring (bicyclic) bond motifs is 2. The Morgan fingerprint density at radius 2 is 1.92 bits per heavy atom. The van der Waals surface area contributed by atoms with Crippen LogP contribution in [0.2, 0.25) is 0 Å². The van der Waals surface area contributed by atoms with Crippen LogP contribution in [0.25, 0.3) is 10.9 Å². The van der Waals surface area contributed by atoms with Crippen LogP contribution in [-0.4, -0.2) is 56.8 Å². The van der Waals surface area contributed by atoms with Crippen LogP contribution in [-0.2, 0) is 24.1 Å². The third-order valence-corrected chi connectivity index (χ3v) is 6.45. The summed E-state index contributed by atoms with van der Waals surface area (Å²) in [4.78, 5) is 21.0. The van der Waals surface area contributed by atoms with Crippen molar-refractivity contribution in [2.24, 2.45) is 5.92 Å². The minimum absolute atomic E-state index is 0.00980. The first kappa shape index (κ1) is 23.9. The van der Waals surface area contributed by atoms with Crippen molar-refractivity contribution in [2.45, 2.75) is 32.3 Å². The highest BCUT2D eigenvalue weighted by molar-refractivity contribution is 5.93. The molecule has 0 bridgehead atoms. The number of pyridine rings is 1. The molecule has 0 saturated carbocycles. The highest BCUT2D eigenvalue weighted by Gasteiger charge is 2.41. The molecule has 1 atom stereocenters. The lowest BCUT2D eigenvalue weighted by molar-refractivity contribution is -0.148. The van der Waals surface area contributed by atoms with Crippen LogP contribution >= 0.6 is 0 Å². The lowest BCUT2D eigenvalue weighted by Crippen LogP contribution is -2.46. The molecule has 0 aliphatic carbocycles. The molecular formula is C23H21F5N6O2. The molecule has 1 aromatic carbocycles. The number of aromatic nitrogens is 4. The number of alkyl halides is 5. The van der Waals surface area contributed by atoms with Gasteiger partial charge in [0.05, 0.1) is 18.0 Å². The number of rotatable bonds is 4. The van der Waals surface area contributed by atoms with Gasteiger partial charge in [0.1, 0.15) is 5.75 Å². The fourth-order valence-electron chi connectivity index (χ4n) is 4.77. The van der Waals surface area contributed by atoms with Gasteiger partial charge >= 0.3 is 12.8 Å². The Labute approximate surface area is 202 Å². The molecule has 1 amide bonds. The Morgan fingerprint density at radius 3 is 2.64 bits per heavy atom. The number of halogens is 5. The quantitative estimate of drug-likeness (QED) is 0.394. The van der Waals surface area contributed by atoms with Crippen LogP contribution in [0.15, 0.2) is 42.6 Å². The molecule has 0 N–H and O–H groups in total. The number of carbonyl (C=O) groups is 1. The second kappa shape index (κ2) is 9.03. The van der Waals surface area contributed by atoms with E-state index in [1.54, 1.807) is 18.3 Å². The Hall–Kier alpha value is -3.77. The molecule has 0 spiro atoms. The van der Waals surface area contributed by atoms with Crippen molar-refractivity contribution < 1.29 is 31.5 Å². The Bertz CT molecular complexity index is 1320. The van der Waals surface area contributed by atoms with Gasteiger partial charge in [0.2, 0.25) is 11.7 Å².